The smallest absolute Gasteiger partial charge is 0.227 e. The SMILES string of the molecule is Cc1ccc(CNC(=O)CCc2nc(CS(=O)(=O)c3ccc(C)cc3)no2)cc1. The third-order valence-corrected chi connectivity index (χ3v) is 6.01. The third kappa shape index (κ3) is 5.99. The minimum absolute atomic E-state index is 0.0839. The highest BCUT2D eigenvalue weighted by Crippen LogP contribution is 2.16. The van der Waals surface area contributed by atoms with Crippen LogP contribution in [0.4, 0.5) is 0 Å². The lowest BCUT2D eigenvalue weighted by Crippen LogP contribution is -2.23. The second-order valence-electron chi connectivity index (χ2n) is 6.94. The number of sulfone groups is 1. The predicted octanol–water partition coefficient (Wildman–Crippen LogP) is 2.91. The monoisotopic (exact) mass is 413 g/mol. The van der Waals surface area contributed by atoms with Crippen LogP contribution in [0.15, 0.2) is 57.9 Å². The summed E-state index contributed by atoms with van der Waals surface area (Å²) in [5.74, 6) is -0.165. The Morgan fingerprint density at radius 2 is 1.62 bits per heavy atom. The highest BCUT2D eigenvalue weighted by Gasteiger charge is 2.19. The molecule has 152 valence electrons. The van der Waals surface area contributed by atoms with E-state index in [1.165, 1.54) is 0 Å². The zero-order valence-corrected chi connectivity index (χ0v) is 17.2. The van der Waals surface area contributed by atoms with Crippen molar-refractivity contribution in [3.8, 4) is 0 Å². The molecular weight excluding hydrogens is 390 g/mol. The van der Waals surface area contributed by atoms with Gasteiger partial charge in [-0.2, -0.15) is 4.98 Å². The highest BCUT2D eigenvalue weighted by molar-refractivity contribution is 7.90. The largest absolute Gasteiger partial charge is 0.352 e. The van der Waals surface area contributed by atoms with E-state index >= 15 is 0 Å². The number of nitrogens with one attached hydrogen (secondary N) is 1. The topological polar surface area (TPSA) is 102 Å². The molecule has 0 saturated carbocycles. The van der Waals surface area contributed by atoms with Gasteiger partial charge in [-0.3, -0.25) is 4.79 Å². The van der Waals surface area contributed by atoms with Crippen molar-refractivity contribution in [1.82, 2.24) is 15.5 Å². The average Bonchev–Trinajstić information content (AvgIpc) is 3.13. The number of rotatable bonds is 8. The van der Waals surface area contributed by atoms with Gasteiger partial charge in [0.15, 0.2) is 15.7 Å². The second-order valence-corrected chi connectivity index (χ2v) is 8.93. The van der Waals surface area contributed by atoms with Crippen molar-refractivity contribution in [2.45, 2.75) is 43.9 Å². The molecule has 0 atom stereocenters. The molecule has 0 aliphatic heterocycles. The molecular formula is C21H23N3O4S. The molecule has 1 heterocycles. The Balaban J connectivity index is 1.50. The van der Waals surface area contributed by atoms with Crippen LogP contribution in [0, 0.1) is 13.8 Å². The van der Waals surface area contributed by atoms with Crippen LogP contribution in [0.2, 0.25) is 0 Å². The van der Waals surface area contributed by atoms with Gasteiger partial charge in [0.2, 0.25) is 11.8 Å². The summed E-state index contributed by atoms with van der Waals surface area (Å²) in [5.41, 5.74) is 3.16. The summed E-state index contributed by atoms with van der Waals surface area (Å²) in [4.78, 5) is 16.3. The van der Waals surface area contributed by atoms with Gasteiger partial charge in [0.1, 0.15) is 5.75 Å². The maximum atomic E-state index is 12.4. The molecule has 1 N–H and O–H groups in total. The maximum absolute atomic E-state index is 12.4. The molecule has 0 fully saturated rings. The van der Waals surface area contributed by atoms with E-state index in [1.54, 1.807) is 24.3 Å². The Labute approximate surface area is 170 Å². The first-order valence-corrected chi connectivity index (χ1v) is 10.9. The number of hydrogen-bond acceptors (Lipinski definition) is 6. The average molecular weight is 413 g/mol. The fourth-order valence-corrected chi connectivity index (χ4v) is 3.84. The van der Waals surface area contributed by atoms with E-state index in [0.29, 0.717) is 6.54 Å². The Hall–Kier alpha value is -3.00. The van der Waals surface area contributed by atoms with Crippen molar-refractivity contribution in [2.24, 2.45) is 0 Å². The van der Waals surface area contributed by atoms with Gasteiger partial charge in [0, 0.05) is 19.4 Å². The molecule has 2 aromatic carbocycles. The van der Waals surface area contributed by atoms with E-state index in [4.69, 9.17) is 4.52 Å². The van der Waals surface area contributed by atoms with Gasteiger partial charge in [-0.15, -0.1) is 0 Å². The summed E-state index contributed by atoms with van der Waals surface area (Å²) in [6, 6.07) is 14.5. The van der Waals surface area contributed by atoms with Crippen molar-refractivity contribution in [3.63, 3.8) is 0 Å². The zero-order valence-electron chi connectivity index (χ0n) is 16.4. The number of aromatic nitrogens is 2. The normalized spacial score (nSPS) is 11.4. The summed E-state index contributed by atoms with van der Waals surface area (Å²) in [6.07, 6.45) is 0.426. The minimum Gasteiger partial charge on any atom is -0.352 e. The van der Waals surface area contributed by atoms with Gasteiger partial charge >= 0.3 is 0 Å². The number of hydrogen-bond donors (Lipinski definition) is 1. The Morgan fingerprint density at radius 3 is 2.28 bits per heavy atom. The van der Waals surface area contributed by atoms with E-state index in [-0.39, 0.29) is 41.1 Å². The molecule has 0 aliphatic rings. The second kappa shape index (κ2) is 9.00. The third-order valence-electron chi connectivity index (χ3n) is 4.39. The van der Waals surface area contributed by atoms with Crippen molar-refractivity contribution in [2.75, 3.05) is 0 Å². The molecule has 1 aromatic heterocycles. The van der Waals surface area contributed by atoms with Crippen LogP contribution >= 0.6 is 0 Å². The van der Waals surface area contributed by atoms with E-state index in [2.05, 4.69) is 15.5 Å². The molecule has 0 aliphatic carbocycles. The molecule has 0 bridgehead atoms. The summed E-state index contributed by atoms with van der Waals surface area (Å²) < 4.78 is 30.0. The number of aryl methyl sites for hydroxylation is 3. The number of amides is 1. The van der Waals surface area contributed by atoms with Crippen LogP contribution in [0.1, 0.15) is 34.8 Å². The molecule has 29 heavy (non-hydrogen) atoms. The maximum Gasteiger partial charge on any atom is 0.227 e. The molecule has 0 saturated heterocycles. The summed E-state index contributed by atoms with van der Waals surface area (Å²) in [7, 11) is -3.55. The Morgan fingerprint density at radius 1 is 1.00 bits per heavy atom. The van der Waals surface area contributed by atoms with Gasteiger partial charge in [-0.25, -0.2) is 8.42 Å². The summed E-state index contributed by atoms with van der Waals surface area (Å²) >= 11 is 0. The minimum atomic E-state index is -3.55. The van der Waals surface area contributed by atoms with Crippen molar-refractivity contribution in [3.05, 3.63) is 76.9 Å². The van der Waals surface area contributed by atoms with E-state index in [1.807, 2.05) is 38.1 Å². The van der Waals surface area contributed by atoms with Gasteiger partial charge < -0.3 is 9.84 Å². The predicted molar refractivity (Wildman–Crippen MR) is 108 cm³/mol. The van der Waals surface area contributed by atoms with Crippen LogP contribution in [0.5, 0.6) is 0 Å². The van der Waals surface area contributed by atoms with Gasteiger partial charge in [-0.1, -0.05) is 52.7 Å². The van der Waals surface area contributed by atoms with Crippen LogP contribution in [0.3, 0.4) is 0 Å². The molecule has 1 amide bonds. The molecule has 8 heteroatoms. The molecule has 7 nitrogen and oxygen atoms in total. The van der Waals surface area contributed by atoms with E-state index in [0.717, 1.165) is 16.7 Å². The lowest BCUT2D eigenvalue weighted by molar-refractivity contribution is -0.121. The highest BCUT2D eigenvalue weighted by atomic mass is 32.2. The van der Waals surface area contributed by atoms with Gasteiger partial charge in [-0.05, 0) is 31.5 Å². The summed E-state index contributed by atoms with van der Waals surface area (Å²) in [6.45, 7) is 4.34. The van der Waals surface area contributed by atoms with E-state index < -0.39 is 9.84 Å². The summed E-state index contributed by atoms with van der Waals surface area (Å²) in [5, 5.41) is 6.56. The van der Waals surface area contributed by atoms with Crippen molar-refractivity contribution in [1.29, 1.82) is 0 Å². The first-order chi connectivity index (χ1) is 13.8. The first-order valence-electron chi connectivity index (χ1n) is 9.25. The lowest BCUT2D eigenvalue weighted by atomic mass is 10.1. The first kappa shape index (κ1) is 20.7. The van der Waals surface area contributed by atoms with Gasteiger partial charge in [0.25, 0.3) is 0 Å². The van der Waals surface area contributed by atoms with Crippen LogP contribution in [-0.2, 0) is 33.4 Å². The van der Waals surface area contributed by atoms with Gasteiger partial charge in [0.05, 0.1) is 4.90 Å². The Bertz CT molecular complexity index is 1070. The standard InChI is InChI=1S/C21H23N3O4S/c1-15-3-7-17(8-4-15)13-22-20(25)11-12-21-23-19(24-28-21)14-29(26,27)18-9-5-16(2)6-10-18/h3-10H,11-14H2,1-2H3,(H,22,25). The lowest BCUT2D eigenvalue weighted by Gasteiger charge is -2.04. The zero-order chi connectivity index (χ0) is 20.9. The number of benzene rings is 2. The molecule has 3 aromatic rings. The quantitative estimate of drug-likeness (QED) is 0.609. The van der Waals surface area contributed by atoms with E-state index in [9.17, 15) is 13.2 Å². The van der Waals surface area contributed by atoms with Crippen LogP contribution in [0.25, 0.3) is 0 Å². The molecule has 3 rings (SSSR count). The number of carbonyl (C=O) groups is 1. The molecule has 0 radical (unpaired) electrons. The van der Waals surface area contributed by atoms with Crippen molar-refractivity contribution >= 4 is 15.7 Å². The fraction of sp³-hybridized carbons (Fsp3) is 0.286. The fourth-order valence-electron chi connectivity index (χ4n) is 2.66. The van der Waals surface area contributed by atoms with Crippen molar-refractivity contribution < 1.29 is 17.7 Å². The molecule has 0 unspecified atom stereocenters. The number of nitrogens with zero attached hydrogens (tertiary/aromatic N) is 2. The number of carbonyl (C=O) groups excluding carboxylic acids is 1. The molecule has 0 spiro atoms. The van der Waals surface area contributed by atoms with Crippen LogP contribution in [-0.4, -0.2) is 24.5 Å². The Kier molecular flexibility index (Phi) is 6.43. The van der Waals surface area contributed by atoms with Crippen LogP contribution < -0.4 is 5.32 Å².